The Morgan fingerprint density at radius 3 is 2.72 bits per heavy atom. The molecule has 7 nitrogen and oxygen atoms in total. The molecule has 2 heterocycles. The van der Waals surface area contributed by atoms with Gasteiger partial charge in [0.25, 0.3) is 0 Å². The van der Waals surface area contributed by atoms with Gasteiger partial charge in [-0.1, -0.05) is 53.2 Å². The van der Waals surface area contributed by atoms with Crippen LogP contribution in [0.15, 0.2) is 36.7 Å². The number of unbranched alkanes of at least 4 members (excludes halogenated alkanes) is 1. The molecule has 0 aliphatic carbocycles. The molecule has 5 N–H and O–H groups in total. The Kier molecular flexibility index (Phi) is 7.73. The van der Waals surface area contributed by atoms with Gasteiger partial charge in [0.2, 0.25) is 5.91 Å². The van der Waals surface area contributed by atoms with Crippen molar-refractivity contribution in [3.8, 4) is 0 Å². The molecule has 160 valence electrons. The molecule has 0 radical (unpaired) electrons. The Labute approximate surface area is 183 Å². The lowest BCUT2D eigenvalue weighted by molar-refractivity contribution is -0.121. The molecule has 2 saturated heterocycles. The van der Waals surface area contributed by atoms with Gasteiger partial charge in [0.1, 0.15) is 4.57 Å². The van der Waals surface area contributed by atoms with Crippen molar-refractivity contribution in [1.29, 1.82) is 0 Å². The van der Waals surface area contributed by atoms with E-state index in [1.165, 1.54) is 0 Å². The molecule has 29 heavy (non-hydrogen) atoms. The number of nitrogens with one attached hydrogen (secondary N) is 3. The molecule has 2 aliphatic heterocycles. The number of fused-ring (bicyclic) bond motifs is 1. The maximum absolute atomic E-state index is 12.1. The Morgan fingerprint density at radius 1 is 1.31 bits per heavy atom. The number of carbonyl (C=O) groups excluding carboxylic acids is 1. The maximum atomic E-state index is 12.1. The van der Waals surface area contributed by atoms with Crippen LogP contribution in [0.25, 0.3) is 0 Å². The van der Waals surface area contributed by atoms with Crippen LogP contribution in [-0.4, -0.2) is 38.8 Å². The standard InChI is InChI=1S/C19H27BrN3O4PS/c1-12-22-15-11-29-16(18(15)23-12)4-2-3-5-17(24)21-10-13-6-8-14(9-7-13)19(20)28(25,26)27/h6-9,15-16,18-19,22-23H,1-5,10-11H2,(H,21,24)(H2,25,26,27). The molecule has 2 fully saturated rings. The molecular formula is C19H27BrN3O4PS. The van der Waals surface area contributed by atoms with Crippen LogP contribution in [0, 0.1) is 0 Å². The summed E-state index contributed by atoms with van der Waals surface area (Å²) < 4.78 is 10.3. The predicted molar refractivity (Wildman–Crippen MR) is 120 cm³/mol. The molecule has 1 amide bonds. The van der Waals surface area contributed by atoms with Crippen molar-refractivity contribution in [2.75, 3.05) is 5.75 Å². The Morgan fingerprint density at radius 2 is 2.03 bits per heavy atom. The van der Waals surface area contributed by atoms with Gasteiger partial charge in [-0.25, -0.2) is 0 Å². The summed E-state index contributed by atoms with van der Waals surface area (Å²) in [6.07, 6.45) is 3.48. The zero-order valence-corrected chi connectivity index (χ0v) is 19.3. The fraction of sp³-hybridized carbons (Fsp3) is 0.526. The highest BCUT2D eigenvalue weighted by molar-refractivity contribution is 9.10. The molecular weight excluding hydrogens is 477 g/mol. The fourth-order valence-electron chi connectivity index (χ4n) is 3.66. The third-order valence-electron chi connectivity index (χ3n) is 5.21. The minimum Gasteiger partial charge on any atom is -0.367 e. The van der Waals surface area contributed by atoms with Crippen LogP contribution in [0.2, 0.25) is 0 Å². The van der Waals surface area contributed by atoms with Crippen LogP contribution in [0.3, 0.4) is 0 Å². The summed E-state index contributed by atoms with van der Waals surface area (Å²) in [5, 5.41) is 10.3. The summed E-state index contributed by atoms with van der Waals surface area (Å²) in [7, 11) is -4.22. The quantitative estimate of drug-likeness (QED) is 0.200. The molecule has 1 aromatic rings. The summed E-state index contributed by atoms with van der Waals surface area (Å²) in [5.74, 6) is 2.05. The number of alkyl halides is 1. The average molecular weight is 504 g/mol. The number of hydrogen-bond donors (Lipinski definition) is 5. The van der Waals surface area contributed by atoms with E-state index in [-0.39, 0.29) is 5.91 Å². The lowest BCUT2D eigenvalue weighted by atomic mass is 10.0. The molecule has 0 aromatic heterocycles. The lowest BCUT2D eigenvalue weighted by Crippen LogP contribution is -2.36. The van der Waals surface area contributed by atoms with Gasteiger partial charge in [0.15, 0.2) is 0 Å². The van der Waals surface area contributed by atoms with E-state index in [1.807, 2.05) is 11.8 Å². The normalized spacial score (nSPS) is 24.5. The predicted octanol–water partition coefficient (Wildman–Crippen LogP) is 2.95. The first kappa shape index (κ1) is 22.7. The minimum atomic E-state index is -4.22. The smallest absolute Gasteiger partial charge is 0.343 e. The van der Waals surface area contributed by atoms with E-state index in [4.69, 9.17) is 0 Å². The number of carbonyl (C=O) groups is 1. The van der Waals surface area contributed by atoms with Gasteiger partial charge in [-0.3, -0.25) is 9.36 Å². The number of halogens is 1. The summed E-state index contributed by atoms with van der Waals surface area (Å²) in [6.45, 7) is 4.34. The Hall–Kier alpha value is -0.990. The van der Waals surface area contributed by atoms with Crippen LogP contribution in [-0.2, 0) is 15.9 Å². The molecule has 0 saturated carbocycles. The van der Waals surface area contributed by atoms with Crippen molar-refractivity contribution in [3.05, 3.63) is 47.8 Å². The van der Waals surface area contributed by atoms with Crippen molar-refractivity contribution >= 4 is 41.2 Å². The molecule has 0 spiro atoms. The molecule has 10 heteroatoms. The van der Waals surface area contributed by atoms with Gasteiger partial charge in [0.05, 0.1) is 17.9 Å². The van der Waals surface area contributed by atoms with Crippen LogP contribution < -0.4 is 16.0 Å². The molecule has 3 rings (SSSR count). The van der Waals surface area contributed by atoms with Crippen molar-refractivity contribution in [1.82, 2.24) is 16.0 Å². The second-order valence-electron chi connectivity index (χ2n) is 7.46. The maximum Gasteiger partial charge on any atom is 0.343 e. The van der Waals surface area contributed by atoms with Gasteiger partial charge in [-0.2, -0.15) is 11.8 Å². The second-order valence-corrected chi connectivity index (χ2v) is 12.1. The van der Waals surface area contributed by atoms with E-state index >= 15 is 0 Å². The molecule has 0 bridgehead atoms. The van der Waals surface area contributed by atoms with Crippen LogP contribution in [0.1, 0.15) is 41.4 Å². The van der Waals surface area contributed by atoms with Crippen molar-refractivity contribution in [3.63, 3.8) is 0 Å². The van der Waals surface area contributed by atoms with Gasteiger partial charge < -0.3 is 25.7 Å². The van der Waals surface area contributed by atoms with E-state index < -0.39 is 12.2 Å². The van der Waals surface area contributed by atoms with Crippen LogP contribution in [0.5, 0.6) is 0 Å². The first-order valence-electron chi connectivity index (χ1n) is 9.62. The first-order chi connectivity index (χ1) is 13.7. The van der Waals surface area contributed by atoms with E-state index in [0.29, 0.717) is 35.9 Å². The highest BCUT2D eigenvalue weighted by Crippen LogP contribution is 2.55. The van der Waals surface area contributed by atoms with Crippen molar-refractivity contribution in [2.45, 2.75) is 54.1 Å². The highest BCUT2D eigenvalue weighted by atomic mass is 79.9. The largest absolute Gasteiger partial charge is 0.367 e. The fourth-order valence-corrected chi connectivity index (χ4v) is 6.07. The van der Waals surface area contributed by atoms with Gasteiger partial charge >= 0.3 is 7.60 Å². The SMILES string of the molecule is C=C1NC2CSC(CCCCC(=O)NCc3ccc(C(Br)P(=O)(O)O)cc3)C2N1. The van der Waals surface area contributed by atoms with Crippen molar-refractivity contribution in [2.24, 2.45) is 0 Å². The number of hydrogen-bond acceptors (Lipinski definition) is 5. The van der Waals surface area contributed by atoms with Crippen LogP contribution in [0.4, 0.5) is 0 Å². The molecule has 2 aliphatic rings. The van der Waals surface area contributed by atoms with E-state index in [2.05, 4.69) is 38.5 Å². The summed E-state index contributed by atoms with van der Waals surface area (Å²) in [5.41, 5.74) is 1.40. The molecule has 4 atom stereocenters. The van der Waals surface area contributed by atoms with E-state index in [1.54, 1.807) is 24.3 Å². The summed E-state index contributed by atoms with van der Waals surface area (Å²) in [4.78, 5) is 30.5. The number of rotatable bonds is 9. The first-order valence-corrected chi connectivity index (χ1v) is 13.3. The Bertz CT molecular complexity index is 788. The lowest BCUT2D eigenvalue weighted by Gasteiger charge is -2.17. The zero-order valence-electron chi connectivity index (χ0n) is 16.0. The Balaban J connectivity index is 1.33. The van der Waals surface area contributed by atoms with Gasteiger partial charge in [-0.15, -0.1) is 0 Å². The van der Waals surface area contributed by atoms with Gasteiger partial charge in [-0.05, 0) is 24.0 Å². The zero-order chi connectivity index (χ0) is 21.0. The second kappa shape index (κ2) is 9.88. The number of benzene rings is 1. The molecule has 4 unspecified atom stereocenters. The molecule has 1 aromatic carbocycles. The monoisotopic (exact) mass is 503 g/mol. The number of amides is 1. The summed E-state index contributed by atoms with van der Waals surface area (Å²) in [6, 6.07) is 7.79. The third-order valence-corrected chi connectivity index (χ3v) is 9.73. The highest BCUT2D eigenvalue weighted by Gasteiger charge is 2.40. The van der Waals surface area contributed by atoms with Crippen molar-refractivity contribution < 1.29 is 19.1 Å². The third kappa shape index (κ3) is 6.25. The minimum absolute atomic E-state index is 0.0219. The van der Waals surface area contributed by atoms with Gasteiger partial charge in [0, 0.05) is 24.0 Å². The summed E-state index contributed by atoms with van der Waals surface area (Å²) >= 11 is 5.01. The van der Waals surface area contributed by atoms with E-state index in [0.717, 1.165) is 36.4 Å². The van der Waals surface area contributed by atoms with Crippen LogP contribution >= 0.6 is 35.3 Å². The number of thioether (sulfide) groups is 1. The topological polar surface area (TPSA) is 111 Å². The average Bonchev–Trinajstić information content (AvgIpc) is 3.22. The van der Waals surface area contributed by atoms with E-state index in [9.17, 15) is 19.1 Å².